The molecular formula is C20H30N4O2S. The molecule has 1 N–H and O–H groups in total. The van der Waals surface area contributed by atoms with Gasteiger partial charge in [0.2, 0.25) is 4.77 Å². The summed E-state index contributed by atoms with van der Waals surface area (Å²) in [6.45, 7) is 7.16. The predicted molar refractivity (Wildman–Crippen MR) is 112 cm³/mol. The van der Waals surface area contributed by atoms with Crippen LogP contribution in [-0.4, -0.2) is 34.8 Å². The third kappa shape index (κ3) is 5.66. The van der Waals surface area contributed by atoms with E-state index in [-0.39, 0.29) is 0 Å². The summed E-state index contributed by atoms with van der Waals surface area (Å²) in [4.78, 5) is 0. The minimum atomic E-state index is 0.323. The van der Waals surface area contributed by atoms with Crippen molar-refractivity contribution in [3.8, 4) is 11.5 Å². The zero-order valence-electron chi connectivity index (χ0n) is 16.7. The zero-order valence-corrected chi connectivity index (χ0v) is 17.5. The Kier molecular flexibility index (Phi) is 8.51. The lowest BCUT2D eigenvalue weighted by molar-refractivity contribution is 0.286. The maximum Gasteiger partial charge on any atom is 0.216 e. The zero-order chi connectivity index (χ0) is 19.6. The molecule has 7 heteroatoms. The van der Waals surface area contributed by atoms with Crippen LogP contribution in [0.15, 0.2) is 23.3 Å². The van der Waals surface area contributed by atoms with Crippen molar-refractivity contribution in [2.75, 3.05) is 13.7 Å². The van der Waals surface area contributed by atoms with Gasteiger partial charge in [-0.1, -0.05) is 33.6 Å². The van der Waals surface area contributed by atoms with Crippen molar-refractivity contribution in [2.45, 2.75) is 58.8 Å². The monoisotopic (exact) mass is 390 g/mol. The Bertz CT molecular complexity index is 794. The van der Waals surface area contributed by atoms with Crippen molar-refractivity contribution in [3.05, 3.63) is 34.4 Å². The molecule has 0 saturated carbocycles. The molecule has 1 heterocycles. The van der Waals surface area contributed by atoms with E-state index in [0.717, 1.165) is 42.8 Å². The topological polar surface area (TPSA) is 64.4 Å². The molecule has 1 aromatic heterocycles. The highest BCUT2D eigenvalue weighted by Gasteiger charge is 2.15. The van der Waals surface area contributed by atoms with Crippen LogP contribution in [0.4, 0.5) is 0 Å². The van der Waals surface area contributed by atoms with E-state index in [1.165, 1.54) is 6.42 Å². The SMILES string of the molecule is CCCCCOc1ccc(/C=N\n2c(C(CC)CC)n[nH]c2=S)cc1OC. The molecule has 6 nitrogen and oxygen atoms in total. The molecule has 0 radical (unpaired) electrons. The van der Waals surface area contributed by atoms with Gasteiger partial charge < -0.3 is 9.47 Å². The largest absolute Gasteiger partial charge is 0.493 e. The fourth-order valence-corrected chi connectivity index (χ4v) is 3.06. The van der Waals surface area contributed by atoms with Gasteiger partial charge in [0, 0.05) is 5.92 Å². The quantitative estimate of drug-likeness (QED) is 0.321. The Hall–Kier alpha value is -2.15. The summed E-state index contributed by atoms with van der Waals surface area (Å²) in [6.07, 6.45) is 7.12. The lowest BCUT2D eigenvalue weighted by atomic mass is 10.0. The number of aromatic nitrogens is 3. The summed E-state index contributed by atoms with van der Waals surface area (Å²) in [5, 5.41) is 11.7. The molecular weight excluding hydrogens is 360 g/mol. The van der Waals surface area contributed by atoms with Gasteiger partial charge in [-0.3, -0.25) is 5.10 Å². The van der Waals surface area contributed by atoms with Crippen LogP contribution in [0.25, 0.3) is 0 Å². The minimum absolute atomic E-state index is 0.323. The first-order valence-corrected chi connectivity index (χ1v) is 10.1. The second-order valence-electron chi connectivity index (χ2n) is 6.42. The molecule has 2 rings (SSSR count). The first-order valence-electron chi connectivity index (χ1n) is 9.67. The molecule has 0 bridgehead atoms. The fourth-order valence-electron chi connectivity index (χ4n) is 2.88. The van der Waals surface area contributed by atoms with E-state index < -0.39 is 0 Å². The van der Waals surface area contributed by atoms with E-state index in [2.05, 4.69) is 36.1 Å². The number of benzene rings is 1. The lowest BCUT2D eigenvalue weighted by Crippen LogP contribution is -2.05. The van der Waals surface area contributed by atoms with Gasteiger partial charge in [-0.25, -0.2) is 0 Å². The number of aromatic amines is 1. The average Bonchev–Trinajstić information content (AvgIpc) is 3.05. The number of nitrogens with zero attached hydrogens (tertiary/aromatic N) is 3. The highest BCUT2D eigenvalue weighted by Crippen LogP contribution is 2.28. The van der Waals surface area contributed by atoms with Crippen molar-refractivity contribution < 1.29 is 9.47 Å². The van der Waals surface area contributed by atoms with Crippen LogP contribution in [0.3, 0.4) is 0 Å². The molecule has 0 aliphatic carbocycles. The Morgan fingerprint density at radius 1 is 1.22 bits per heavy atom. The highest BCUT2D eigenvalue weighted by atomic mass is 32.1. The van der Waals surface area contributed by atoms with Crippen LogP contribution in [0.1, 0.15) is 70.2 Å². The van der Waals surface area contributed by atoms with Crippen LogP contribution >= 0.6 is 12.2 Å². The number of hydrogen-bond donors (Lipinski definition) is 1. The Labute approximate surface area is 166 Å². The highest BCUT2D eigenvalue weighted by molar-refractivity contribution is 7.71. The summed E-state index contributed by atoms with van der Waals surface area (Å²) >= 11 is 5.33. The molecule has 0 spiro atoms. The number of methoxy groups -OCH3 is 1. The fraction of sp³-hybridized carbons (Fsp3) is 0.550. The van der Waals surface area contributed by atoms with Crippen molar-refractivity contribution in [1.82, 2.24) is 14.9 Å². The molecule has 0 aliphatic rings. The standard InChI is InChI=1S/C20H30N4O2S/c1-5-8-9-12-26-17-11-10-15(13-18(17)25-4)14-21-24-19(16(6-2)7-3)22-23-20(24)27/h10-11,13-14,16H,5-9,12H2,1-4H3,(H,23,27)/b21-14-. The van der Waals surface area contributed by atoms with Crippen molar-refractivity contribution >= 4 is 18.4 Å². The smallest absolute Gasteiger partial charge is 0.216 e. The van der Waals surface area contributed by atoms with E-state index in [0.29, 0.717) is 23.0 Å². The van der Waals surface area contributed by atoms with Crippen molar-refractivity contribution in [2.24, 2.45) is 5.10 Å². The molecule has 0 unspecified atom stereocenters. The van der Waals surface area contributed by atoms with Gasteiger partial charge in [-0.2, -0.15) is 14.9 Å². The molecule has 0 amide bonds. The van der Waals surface area contributed by atoms with Crippen LogP contribution in [0, 0.1) is 4.77 Å². The Morgan fingerprint density at radius 2 is 2.00 bits per heavy atom. The van der Waals surface area contributed by atoms with Gasteiger partial charge in [0.25, 0.3) is 0 Å². The maximum atomic E-state index is 5.83. The van der Waals surface area contributed by atoms with E-state index in [4.69, 9.17) is 21.7 Å². The van der Waals surface area contributed by atoms with Gasteiger partial charge in [0.15, 0.2) is 17.3 Å². The maximum absolute atomic E-state index is 5.83. The Balaban J connectivity index is 2.18. The molecule has 0 saturated heterocycles. The van der Waals surface area contributed by atoms with Gasteiger partial charge in [0.05, 0.1) is 19.9 Å². The summed E-state index contributed by atoms with van der Waals surface area (Å²) in [5.74, 6) is 2.64. The average molecular weight is 391 g/mol. The van der Waals surface area contributed by atoms with E-state index >= 15 is 0 Å². The summed E-state index contributed by atoms with van der Waals surface area (Å²) in [5.41, 5.74) is 0.909. The second kappa shape index (κ2) is 10.9. The summed E-state index contributed by atoms with van der Waals surface area (Å²) in [7, 11) is 1.65. The van der Waals surface area contributed by atoms with Crippen molar-refractivity contribution in [3.63, 3.8) is 0 Å². The first kappa shape index (κ1) is 21.2. The third-order valence-corrected chi connectivity index (χ3v) is 4.81. The normalized spacial score (nSPS) is 11.4. The molecule has 1 aromatic carbocycles. The third-order valence-electron chi connectivity index (χ3n) is 4.54. The number of H-pyrrole nitrogens is 1. The summed E-state index contributed by atoms with van der Waals surface area (Å²) < 4.78 is 13.5. The van der Waals surface area contributed by atoms with Gasteiger partial charge >= 0.3 is 0 Å². The predicted octanol–water partition coefficient (Wildman–Crippen LogP) is 5.30. The van der Waals surface area contributed by atoms with E-state index in [9.17, 15) is 0 Å². The number of unbranched alkanes of at least 4 members (excludes halogenated alkanes) is 2. The molecule has 27 heavy (non-hydrogen) atoms. The molecule has 0 aliphatic heterocycles. The number of rotatable bonds is 11. The molecule has 148 valence electrons. The first-order chi connectivity index (χ1) is 13.1. The van der Waals surface area contributed by atoms with Gasteiger partial charge in [0.1, 0.15) is 0 Å². The molecule has 0 atom stereocenters. The van der Waals surface area contributed by atoms with Crippen LogP contribution < -0.4 is 9.47 Å². The van der Waals surface area contributed by atoms with Crippen LogP contribution in [-0.2, 0) is 0 Å². The number of nitrogens with one attached hydrogen (secondary N) is 1. The lowest BCUT2D eigenvalue weighted by Gasteiger charge is -2.11. The molecule has 2 aromatic rings. The summed E-state index contributed by atoms with van der Waals surface area (Å²) in [6, 6.07) is 5.80. The van der Waals surface area contributed by atoms with E-state index in [1.807, 2.05) is 18.2 Å². The van der Waals surface area contributed by atoms with Crippen molar-refractivity contribution in [1.29, 1.82) is 0 Å². The number of hydrogen-bond acceptors (Lipinski definition) is 5. The van der Waals surface area contributed by atoms with Crippen LogP contribution in [0.5, 0.6) is 11.5 Å². The van der Waals surface area contributed by atoms with Crippen LogP contribution in [0.2, 0.25) is 0 Å². The Morgan fingerprint density at radius 3 is 2.67 bits per heavy atom. The van der Waals surface area contributed by atoms with E-state index in [1.54, 1.807) is 18.0 Å². The second-order valence-corrected chi connectivity index (χ2v) is 6.81. The number of ether oxygens (including phenoxy) is 2. The molecule has 0 fully saturated rings. The van der Waals surface area contributed by atoms with Gasteiger partial charge in [-0.15, -0.1) is 0 Å². The van der Waals surface area contributed by atoms with Gasteiger partial charge in [-0.05, 0) is 55.2 Å². The minimum Gasteiger partial charge on any atom is -0.493 e.